The van der Waals surface area contributed by atoms with Gasteiger partial charge in [0.15, 0.2) is 0 Å². The number of nitro benzene ring substituents is 1. The summed E-state index contributed by atoms with van der Waals surface area (Å²) in [5, 5.41) is 17.0. The Morgan fingerprint density at radius 2 is 2.17 bits per heavy atom. The summed E-state index contributed by atoms with van der Waals surface area (Å²) >= 11 is 3.29. The van der Waals surface area contributed by atoms with Crippen molar-refractivity contribution < 1.29 is 9.66 Å². The van der Waals surface area contributed by atoms with Gasteiger partial charge in [0.05, 0.1) is 11.5 Å². The van der Waals surface area contributed by atoms with E-state index >= 15 is 0 Å². The van der Waals surface area contributed by atoms with Crippen LogP contribution in [0.25, 0.3) is 0 Å². The second-order valence-electron chi connectivity index (χ2n) is 3.59. The zero-order valence-electron chi connectivity index (χ0n) is 10.1. The molecule has 100 valence electrons. The third kappa shape index (κ3) is 4.99. The number of nitrogens with one attached hydrogen (secondary N) is 2. The highest BCUT2D eigenvalue weighted by Crippen LogP contribution is 2.27. The van der Waals surface area contributed by atoms with Gasteiger partial charge < -0.3 is 15.4 Å². The van der Waals surface area contributed by atoms with Crippen molar-refractivity contribution in [1.29, 1.82) is 0 Å². The molecule has 0 saturated heterocycles. The minimum atomic E-state index is -0.396. The first-order valence-electron chi connectivity index (χ1n) is 5.52. The second kappa shape index (κ2) is 8.02. The van der Waals surface area contributed by atoms with E-state index in [2.05, 4.69) is 26.6 Å². The van der Waals surface area contributed by atoms with E-state index in [1.165, 1.54) is 6.07 Å². The van der Waals surface area contributed by atoms with Crippen LogP contribution in [0.15, 0.2) is 22.7 Å². The Bertz CT molecular complexity index is 401. The van der Waals surface area contributed by atoms with Crippen LogP contribution in [0.3, 0.4) is 0 Å². The van der Waals surface area contributed by atoms with Crippen molar-refractivity contribution in [2.75, 3.05) is 38.7 Å². The molecule has 0 amide bonds. The largest absolute Gasteiger partial charge is 0.383 e. The summed E-state index contributed by atoms with van der Waals surface area (Å²) in [6, 6.07) is 4.83. The Hall–Kier alpha value is -1.18. The molecule has 0 aliphatic heterocycles. The molecule has 0 aliphatic carbocycles. The number of ether oxygens (including phenoxy) is 1. The predicted molar refractivity (Wildman–Crippen MR) is 74.0 cm³/mol. The molecule has 0 fully saturated rings. The van der Waals surface area contributed by atoms with E-state index in [9.17, 15) is 10.1 Å². The van der Waals surface area contributed by atoms with E-state index in [1.807, 2.05) is 0 Å². The topological polar surface area (TPSA) is 76.4 Å². The standard InChI is InChI=1S/C11H16BrN3O3/c1-18-7-6-13-4-5-14-10-8-9(12)2-3-11(10)15(16)17/h2-3,8,13-14H,4-7H2,1H3. The fourth-order valence-electron chi connectivity index (χ4n) is 1.39. The van der Waals surface area contributed by atoms with E-state index in [1.54, 1.807) is 19.2 Å². The molecule has 1 rings (SSSR count). The van der Waals surface area contributed by atoms with Crippen LogP contribution in [-0.2, 0) is 4.74 Å². The number of nitrogens with zero attached hydrogens (tertiary/aromatic N) is 1. The van der Waals surface area contributed by atoms with Crippen LogP contribution in [0, 0.1) is 10.1 Å². The van der Waals surface area contributed by atoms with Gasteiger partial charge in [0.25, 0.3) is 5.69 Å². The minimum Gasteiger partial charge on any atom is -0.383 e. The predicted octanol–water partition coefficient (Wildman–Crippen LogP) is 2.01. The van der Waals surface area contributed by atoms with Crippen LogP contribution < -0.4 is 10.6 Å². The smallest absolute Gasteiger partial charge is 0.292 e. The highest BCUT2D eigenvalue weighted by molar-refractivity contribution is 9.10. The van der Waals surface area contributed by atoms with Crippen molar-refractivity contribution >= 4 is 27.3 Å². The number of anilines is 1. The molecule has 0 aliphatic rings. The van der Waals surface area contributed by atoms with Gasteiger partial charge in [-0.1, -0.05) is 15.9 Å². The average molecular weight is 318 g/mol. The molecule has 0 unspecified atom stereocenters. The lowest BCUT2D eigenvalue weighted by Gasteiger charge is -2.08. The zero-order valence-corrected chi connectivity index (χ0v) is 11.7. The van der Waals surface area contributed by atoms with Crippen molar-refractivity contribution in [1.82, 2.24) is 5.32 Å². The number of hydrogen-bond donors (Lipinski definition) is 2. The molecule has 7 heteroatoms. The van der Waals surface area contributed by atoms with Crippen molar-refractivity contribution in [2.45, 2.75) is 0 Å². The van der Waals surface area contributed by atoms with Gasteiger partial charge in [-0.15, -0.1) is 0 Å². The second-order valence-corrected chi connectivity index (χ2v) is 4.50. The average Bonchev–Trinajstić information content (AvgIpc) is 2.33. The molecular weight excluding hydrogens is 302 g/mol. The fourth-order valence-corrected chi connectivity index (χ4v) is 1.75. The molecule has 0 saturated carbocycles. The Balaban J connectivity index is 2.45. The van der Waals surface area contributed by atoms with Gasteiger partial charge in [-0.2, -0.15) is 0 Å². The summed E-state index contributed by atoms with van der Waals surface area (Å²) in [6.45, 7) is 2.74. The molecular formula is C11H16BrN3O3. The zero-order chi connectivity index (χ0) is 13.4. The van der Waals surface area contributed by atoms with Crippen molar-refractivity contribution in [2.24, 2.45) is 0 Å². The number of rotatable bonds is 8. The van der Waals surface area contributed by atoms with Crippen molar-refractivity contribution in [3.05, 3.63) is 32.8 Å². The minimum absolute atomic E-state index is 0.0788. The molecule has 0 radical (unpaired) electrons. The molecule has 0 heterocycles. The maximum atomic E-state index is 10.8. The SMILES string of the molecule is COCCNCCNc1cc(Br)ccc1[N+](=O)[O-]. The summed E-state index contributed by atoms with van der Waals surface area (Å²) < 4.78 is 5.70. The van der Waals surface area contributed by atoms with E-state index < -0.39 is 4.92 Å². The first-order valence-corrected chi connectivity index (χ1v) is 6.32. The lowest BCUT2D eigenvalue weighted by Crippen LogP contribution is -2.25. The number of benzene rings is 1. The molecule has 1 aromatic carbocycles. The number of nitro groups is 1. The summed E-state index contributed by atoms with van der Waals surface area (Å²) in [4.78, 5) is 10.4. The van der Waals surface area contributed by atoms with Crippen LogP contribution in [0.4, 0.5) is 11.4 Å². The van der Waals surface area contributed by atoms with Crippen LogP contribution in [-0.4, -0.2) is 38.3 Å². The third-order valence-electron chi connectivity index (χ3n) is 2.26. The van der Waals surface area contributed by atoms with Gasteiger partial charge in [-0.25, -0.2) is 0 Å². The highest BCUT2D eigenvalue weighted by Gasteiger charge is 2.12. The van der Waals surface area contributed by atoms with Gasteiger partial charge in [-0.05, 0) is 12.1 Å². The molecule has 0 atom stereocenters. The quantitative estimate of drug-likeness (QED) is 0.436. The monoisotopic (exact) mass is 317 g/mol. The fraction of sp³-hybridized carbons (Fsp3) is 0.455. The molecule has 1 aromatic rings. The van der Waals surface area contributed by atoms with Crippen molar-refractivity contribution in [3.63, 3.8) is 0 Å². The van der Waals surface area contributed by atoms with Crippen molar-refractivity contribution in [3.8, 4) is 0 Å². The highest BCUT2D eigenvalue weighted by atomic mass is 79.9. The Morgan fingerprint density at radius 3 is 2.83 bits per heavy atom. The third-order valence-corrected chi connectivity index (χ3v) is 2.75. The van der Waals surface area contributed by atoms with Gasteiger partial charge >= 0.3 is 0 Å². The van der Waals surface area contributed by atoms with Crippen LogP contribution in [0.2, 0.25) is 0 Å². The van der Waals surface area contributed by atoms with E-state index in [0.717, 1.165) is 11.0 Å². The van der Waals surface area contributed by atoms with E-state index in [0.29, 0.717) is 25.4 Å². The van der Waals surface area contributed by atoms with Gasteiger partial charge in [0, 0.05) is 37.3 Å². The van der Waals surface area contributed by atoms with Gasteiger partial charge in [0.1, 0.15) is 5.69 Å². The van der Waals surface area contributed by atoms with Gasteiger partial charge in [0.2, 0.25) is 0 Å². The summed E-state index contributed by atoms with van der Waals surface area (Å²) in [5.74, 6) is 0. The number of methoxy groups -OCH3 is 1. The van der Waals surface area contributed by atoms with Crippen LogP contribution in [0.5, 0.6) is 0 Å². The van der Waals surface area contributed by atoms with E-state index in [4.69, 9.17) is 4.74 Å². The first-order chi connectivity index (χ1) is 8.65. The molecule has 18 heavy (non-hydrogen) atoms. The maximum Gasteiger partial charge on any atom is 0.292 e. The summed E-state index contributed by atoms with van der Waals surface area (Å²) in [7, 11) is 1.64. The lowest BCUT2D eigenvalue weighted by molar-refractivity contribution is -0.384. The molecule has 0 aromatic heterocycles. The first kappa shape index (κ1) is 14.9. The normalized spacial score (nSPS) is 10.3. The Labute approximate surface area is 114 Å². The molecule has 0 bridgehead atoms. The number of hydrogen-bond acceptors (Lipinski definition) is 5. The van der Waals surface area contributed by atoms with Crippen LogP contribution in [0.1, 0.15) is 0 Å². The Morgan fingerprint density at radius 1 is 1.39 bits per heavy atom. The van der Waals surface area contributed by atoms with E-state index in [-0.39, 0.29) is 5.69 Å². The number of halogens is 1. The maximum absolute atomic E-state index is 10.8. The lowest BCUT2D eigenvalue weighted by atomic mass is 10.2. The molecule has 0 spiro atoms. The summed E-state index contributed by atoms with van der Waals surface area (Å²) in [5.41, 5.74) is 0.595. The Kier molecular flexibility index (Phi) is 6.63. The van der Waals surface area contributed by atoms with Gasteiger partial charge in [-0.3, -0.25) is 10.1 Å². The molecule has 2 N–H and O–H groups in total. The summed E-state index contributed by atoms with van der Waals surface area (Å²) in [6.07, 6.45) is 0. The van der Waals surface area contributed by atoms with Crippen LogP contribution >= 0.6 is 15.9 Å². The molecule has 6 nitrogen and oxygen atoms in total.